The summed E-state index contributed by atoms with van der Waals surface area (Å²) in [6.07, 6.45) is 3.08. The second kappa shape index (κ2) is 4.40. The Balaban J connectivity index is 2.15. The average Bonchev–Trinajstić information content (AvgIpc) is 3.04. The summed E-state index contributed by atoms with van der Waals surface area (Å²) in [6, 6.07) is 5.69. The van der Waals surface area contributed by atoms with E-state index in [1.165, 1.54) is 5.56 Å². The first-order valence-corrected chi connectivity index (χ1v) is 7.18. The van der Waals surface area contributed by atoms with E-state index in [0.29, 0.717) is 10.9 Å². The van der Waals surface area contributed by atoms with Gasteiger partial charge in [-0.25, -0.2) is 5.10 Å². The van der Waals surface area contributed by atoms with Gasteiger partial charge in [0.05, 0.1) is 11.1 Å². The SMILES string of the molecule is S=c1[nH]nc(-c2c3c(nc4ccc(Cl)cc24)CCC3)o1. The molecule has 0 unspecified atom stereocenters. The molecule has 100 valence electrons. The number of halogens is 1. The lowest BCUT2D eigenvalue weighted by Gasteiger charge is -2.09. The van der Waals surface area contributed by atoms with Crippen molar-refractivity contribution in [3.63, 3.8) is 0 Å². The van der Waals surface area contributed by atoms with Crippen LogP contribution < -0.4 is 0 Å². The van der Waals surface area contributed by atoms with Gasteiger partial charge in [-0.1, -0.05) is 11.6 Å². The Bertz CT molecular complexity index is 884. The Morgan fingerprint density at radius 1 is 1.30 bits per heavy atom. The van der Waals surface area contributed by atoms with E-state index < -0.39 is 0 Å². The van der Waals surface area contributed by atoms with Crippen LogP contribution in [0, 0.1) is 4.84 Å². The summed E-state index contributed by atoms with van der Waals surface area (Å²) in [6.45, 7) is 0. The van der Waals surface area contributed by atoms with Crippen molar-refractivity contribution in [3.05, 3.63) is 39.3 Å². The van der Waals surface area contributed by atoms with E-state index in [1.54, 1.807) is 0 Å². The van der Waals surface area contributed by atoms with Crippen LogP contribution in [0.1, 0.15) is 17.7 Å². The predicted octanol–water partition coefficient (Wildman–Crippen LogP) is 4.09. The van der Waals surface area contributed by atoms with E-state index in [2.05, 4.69) is 10.2 Å². The molecule has 1 aliphatic carbocycles. The van der Waals surface area contributed by atoms with Crippen molar-refractivity contribution < 1.29 is 4.42 Å². The quantitative estimate of drug-likeness (QED) is 0.688. The first kappa shape index (κ1) is 12.1. The van der Waals surface area contributed by atoms with Crippen molar-refractivity contribution in [2.24, 2.45) is 0 Å². The van der Waals surface area contributed by atoms with E-state index in [4.69, 9.17) is 33.2 Å². The number of aromatic amines is 1. The highest BCUT2D eigenvalue weighted by Crippen LogP contribution is 2.37. The van der Waals surface area contributed by atoms with E-state index in [0.717, 1.165) is 41.4 Å². The lowest BCUT2D eigenvalue weighted by Crippen LogP contribution is -1.95. The predicted molar refractivity (Wildman–Crippen MR) is 79.5 cm³/mol. The number of fused-ring (bicyclic) bond motifs is 2. The monoisotopic (exact) mass is 303 g/mol. The Labute approximate surface area is 124 Å². The third-order valence-electron chi connectivity index (χ3n) is 3.63. The van der Waals surface area contributed by atoms with Crippen molar-refractivity contribution >= 4 is 34.7 Å². The van der Waals surface area contributed by atoms with Gasteiger partial charge in [-0.2, -0.15) is 0 Å². The largest absolute Gasteiger partial charge is 0.409 e. The molecule has 0 amide bonds. The number of benzene rings is 1. The zero-order valence-electron chi connectivity index (χ0n) is 10.4. The minimum absolute atomic E-state index is 0.277. The van der Waals surface area contributed by atoms with Crippen LogP contribution in [-0.2, 0) is 12.8 Å². The summed E-state index contributed by atoms with van der Waals surface area (Å²) in [4.78, 5) is 5.00. The Morgan fingerprint density at radius 2 is 2.20 bits per heavy atom. The van der Waals surface area contributed by atoms with Gasteiger partial charge < -0.3 is 4.42 Å². The minimum atomic E-state index is 0.277. The maximum absolute atomic E-state index is 6.13. The zero-order valence-corrected chi connectivity index (χ0v) is 12.0. The molecule has 0 atom stereocenters. The number of nitrogens with one attached hydrogen (secondary N) is 1. The maximum Gasteiger partial charge on any atom is 0.284 e. The smallest absolute Gasteiger partial charge is 0.284 e. The van der Waals surface area contributed by atoms with Gasteiger partial charge in [0.1, 0.15) is 0 Å². The first-order valence-electron chi connectivity index (χ1n) is 6.39. The van der Waals surface area contributed by atoms with Crippen molar-refractivity contribution in [2.75, 3.05) is 0 Å². The van der Waals surface area contributed by atoms with Crippen LogP contribution in [0.3, 0.4) is 0 Å². The van der Waals surface area contributed by atoms with Crippen molar-refractivity contribution in [3.8, 4) is 11.5 Å². The molecule has 0 bridgehead atoms. The average molecular weight is 304 g/mol. The summed E-state index contributed by atoms with van der Waals surface area (Å²) in [7, 11) is 0. The molecule has 0 radical (unpaired) electrons. The van der Waals surface area contributed by atoms with Gasteiger partial charge in [-0.05, 0) is 55.2 Å². The molecule has 4 nitrogen and oxygen atoms in total. The molecule has 20 heavy (non-hydrogen) atoms. The number of hydrogen-bond acceptors (Lipinski definition) is 4. The summed E-state index contributed by atoms with van der Waals surface area (Å²) in [5.74, 6) is 0.516. The van der Waals surface area contributed by atoms with E-state index in [9.17, 15) is 0 Å². The fourth-order valence-corrected chi connectivity index (χ4v) is 3.11. The molecule has 1 aliphatic rings. The third kappa shape index (κ3) is 1.77. The lowest BCUT2D eigenvalue weighted by molar-refractivity contribution is 0.552. The van der Waals surface area contributed by atoms with Crippen LogP contribution in [0.15, 0.2) is 22.6 Å². The molecule has 0 aliphatic heterocycles. The standard InChI is InChI=1S/C14H10ClN3OS/c15-7-4-5-11-9(6-7)12(13-17-18-14(20)19-13)8-2-1-3-10(8)16-11/h4-6H,1-3H2,(H,18,20). The second-order valence-corrected chi connectivity index (χ2v) is 5.65. The molecular formula is C14H10ClN3OS. The third-order valence-corrected chi connectivity index (χ3v) is 4.04. The number of hydrogen-bond donors (Lipinski definition) is 1. The first-order chi connectivity index (χ1) is 9.72. The molecule has 2 heterocycles. The summed E-state index contributed by atoms with van der Waals surface area (Å²) < 4.78 is 5.52. The number of aryl methyl sites for hydroxylation is 1. The van der Waals surface area contributed by atoms with Crippen LogP contribution in [0.2, 0.25) is 5.02 Å². The van der Waals surface area contributed by atoms with Crippen LogP contribution in [0.4, 0.5) is 0 Å². The Kier molecular flexibility index (Phi) is 2.65. The van der Waals surface area contributed by atoms with Gasteiger partial charge in [-0.15, -0.1) is 5.10 Å². The van der Waals surface area contributed by atoms with Crippen molar-refractivity contribution in [1.82, 2.24) is 15.2 Å². The minimum Gasteiger partial charge on any atom is -0.409 e. The molecule has 0 spiro atoms. The fraction of sp³-hybridized carbons (Fsp3) is 0.214. The van der Waals surface area contributed by atoms with Crippen LogP contribution in [0.25, 0.3) is 22.4 Å². The molecule has 6 heteroatoms. The molecule has 1 N–H and O–H groups in total. The summed E-state index contributed by atoms with van der Waals surface area (Å²) >= 11 is 11.1. The number of pyridine rings is 1. The van der Waals surface area contributed by atoms with Gasteiger partial charge in [0.2, 0.25) is 5.89 Å². The zero-order chi connectivity index (χ0) is 13.7. The highest BCUT2D eigenvalue weighted by Gasteiger charge is 2.23. The fourth-order valence-electron chi connectivity index (χ4n) is 2.82. The molecule has 0 fully saturated rings. The highest BCUT2D eigenvalue weighted by atomic mass is 35.5. The van der Waals surface area contributed by atoms with Crippen molar-refractivity contribution in [1.29, 1.82) is 0 Å². The lowest BCUT2D eigenvalue weighted by atomic mass is 10.0. The number of aromatic nitrogens is 3. The Morgan fingerprint density at radius 3 is 3.00 bits per heavy atom. The van der Waals surface area contributed by atoms with Crippen molar-refractivity contribution in [2.45, 2.75) is 19.3 Å². The van der Waals surface area contributed by atoms with Crippen LogP contribution in [-0.4, -0.2) is 15.2 Å². The van der Waals surface area contributed by atoms with Gasteiger partial charge in [0.15, 0.2) is 0 Å². The molecule has 0 saturated heterocycles. The topological polar surface area (TPSA) is 54.7 Å². The van der Waals surface area contributed by atoms with Gasteiger partial charge >= 0.3 is 0 Å². The van der Waals surface area contributed by atoms with E-state index >= 15 is 0 Å². The normalized spacial score (nSPS) is 13.8. The maximum atomic E-state index is 6.13. The van der Waals surface area contributed by atoms with E-state index in [1.807, 2.05) is 18.2 Å². The van der Waals surface area contributed by atoms with Gasteiger partial charge in [0, 0.05) is 16.1 Å². The number of rotatable bonds is 1. The van der Waals surface area contributed by atoms with E-state index in [-0.39, 0.29) is 4.84 Å². The molecule has 2 aromatic heterocycles. The van der Waals surface area contributed by atoms with Crippen LogP contribution in [0.5, 0.6) is 0 Å². The second-order valence-electron chi connectivity index (χ2n) is 4.85. The number of H-pyrrole nitrogens is 1. The Hall–Kier alpha value is -1.72. The van der Waals surface area contributed by atoms with Gasteiger partial charge in [-0.3, -0.25) is 4.98 Å². The highest BCUT2D eigenvalue weighted by molar-refractivity contribution is 7.71. The van der Waals surface area contributed by atoms with Crippen LogP contribution >= 0.6 is 23.8 Å². The number of nitrogens with zero attached hydrogens (tertiary/aromatic N) is 2. The molecule has 0 saturated carbocycles. The summed E-state index contributed by atoms with van der Waals surface area (Å²) in [5, 5.41) is 8.49. The molecule has 1 aromatic carbocycles. The molecular weight excluding hydrogens is 294 g/mol. The molecule has 4 rings (SSSR count). The summed E-state index contributed by atoms with van der Waals surface area (Å²) in [5.41, 5.74) is 4.20. The molecule has 3 aromatic rings. The van der Waals surface area contributed by atoms with Gasteiger partial charge in [0.25, 0.3) is 4.84 Å².